The quantitative estimate of drug-likeness (QED) is 0.689. The first kappa shape index (κ1) is 15.8. The first-order valence-corrected chi connectivity index (χ1v) is 8.66. The maximum atomic E-state index is 14.0. The molecule has 7 heteroatoms. The Labute approximate surface area is 146 Å². The van der Waals surface area contributed by atoms with Gasteiger partial charge in [-0.05, 0) is 34.8 Å². The van der Waals surface area contributed by atoms with Crippen molar-refractivity contribution in [1.29, 1.82) is 0 Å². The van der Waals surface area contributed by atoms with Crippen LogP contribution in [-0.2, 0) is 17.2 Å². The van der Waals surface area contributed by atoms with Crippen LogP contribution < -0.4 is 5.69 Å². The summed E-state index contributed by atoms with van der Waals surface area (Å²) in [7, 11) is 1.74. The molecule has 1 fully saturated rings. The predicted octanol–water partition coefficient (Wildman–Crippen LogP) is 3.38. The molecule has 3 heterocycles. The van der Waals surface area contributed by atoms with E-state index in [0.717, 1.165) is 29.4 Å². The Morgan fingerprint density at radius 3 is 2.79 bits per heavy atom. The molecular weight excluding hydrogens is 377 g/mol. The topological polar surface area (TPSA) is 59.9 Å². The van der Waals surface area contributed by atoms with E-state index in [2.05, 4.69) is 27.8 Å². The van der Waals surface area contributed by atoms with Gasteiger partial charge in [-0.1, -0.05) is 6.92 Å². The third-order valence-electron chi connectivity index (χ3n) is 5.04. The van der Waals surface area contributed by atoms with Gasteiger partial charge in [-0.15, -0.1) is 0 Å². The van der Waals surface area contributed by atoms with Crippen molar-refractivity contribution in [3.8, 4) is 0 Å². The molecule has 126 valence electrons. The Morgan fingerprint density at radius 1 is 1.38 bits per heavy atom. The second-order valence-electron chi connectivity index (χ2n) is 6.63. The van der Waals surface area contributed by atoms with Crippen LogP contribution in [0.1, 0.15) is 25.5 Å². The van der Waals surface area contributed by atoms with E-state index in [4.69, 9.17) is 9.72 Å². The number of hydrogen-bond acceptors (Lipinski definition) is 3. The second-order valence-corrected chi connectivity index (χ2v) is 7.48. The summed E-state index contributed by atoms with van der Waals surface area (Å²) in [5.74, 6) is -0.365. The van der Waals surface area contributed by atoms with Crippen LogP contribution in [0, 0.1) is 5.82 Å². The Balaban J connectivity index is 2.15. The molecule has 4 rings (SSSR count). The van der Waals surface area contributed by atoms with Gasteiger partial charge in [0, 0.05) is 37.1 Å². The molecule has 1 N–H and O–H groups in total. The maximum absolute atomic E-state index is 14.0. The zero-order valence-corrected chi connectivity index (χ0v) is 15.0. The lowest BCUT2D eigenvalue weighted by Gasteiger charge is -2.33. The smallest absolute Gasteiger partial charge is 0.326 e. The van der Waals surface area contributed by atoms with Gasteiger partial charge in [0.2, 0.25) is 0 Å². The number of H-pyrrole nitrogens is 1. The van der Waals surface area contributed by atoms with E-state index in [9.17, 15) is 9.18 Å². The van der Waals surface area contributed by atoms with Crippen molar-refractivity contribution in [1.82, 2.24) is 14.5 Å². The fourth-order valence-electron chi connectivity index (χ4n) is 3.47. The average Bonchev–Trinajstić information content (AvgIpc) is 2.85. The predicted molar refractivity (Wildman–Crippen MR) is 93.9 cm³/mol. The molecule has 0 unspecified atom stereocenters. The van der Waals surface area contributed by atoms with Crippen LogP contribution in [0.2, 0.25) is 0 Å². The first-order chi connectivity index (χ1) is 11.4. The third kappa shape index (κ3) is 2.22. The van der Waals surface area contributed by atoms with Gasteiger partial charge in [0.25, 0.3) is 0 Å². The standard InChI is InChI=1S/C17H17BrFN3O2/c1-17(3-5-24-6-4-17)15-14-13(21-16(23)22(14)2)9-7-10(18)11(19)8-12(9)20-15/h7-8H,3-6H2,1-2H3,(H,21,23). The number of aromatic amines is 1. The zero-order valence-electron chi connectivity index (χ0n) is 13.4. The van der Waals surface area contributed by atoms with Gasteiger partial charge in [-0.3, -0.25) is 4.57 Å². The van der Waals surface area contributed by atoms with Gasteiger partial charge in [0.15, 0.2) is 0 Å². The highest BCUT2D eigenvalue weighted by Gasteiger charge is 2.34. The highest BCUT2D eigenvalue weighted by atomic mass is 79.9. The summed E-state index contributed by atoms with van der Waals surface area (Å²) >= 11 is 3.21. The number of hydrogen-bond donors (Lipinski definition) is 1. The molecule has 0 atom stereocenters. The summed E-state index contributed by atoms with van der Waals surface area (Å²) in [6.45, 7) is 3.45. The number of aryl methyl sites for hydroxylation is 1. The van der Waals surface area contributed by atoms with Crippen molar-refractivity contribution in [3.05, 3.63) is 38.6 Å². The average molecular weight is 394 g/mol. The molecular formula is C17H17BrFN3O2. The van der Waals surface area contributed by atoms with E-state index in [1.807, 2.05) is 0 Å². The Hall–Kier alpha value is -1.73. The number of aromatic nitrogens is 3. The minimum Gasteiger partial charge on any atom is -0.381 e. The number of pyridine rings is 1. The van der Waals surface area contributed by atoms with Crippen LogP contribution in [0.3, 0.4) is 0 Å². The first-order valence-electron chi connectivity index (χ1n) is 7.86. The Kier molecular flexibility index (Phi) is 3.54. The number of rotatable bonds is 1. The lowest BCUT2D eigenvalue weighted by atomic mass is 9.78. The van der Waals surface area contributed by atoms with E-state index < -0.39 is 0 Å². The minimum absolute atomic E-state index is 0.198. The van der Waals surface area contributed by atoms with Crippen molar-refractivity contribution in [2.45, 2.75) is 25.2 Å². The van der Waals surface area contributed by atoms with Gasteiger partial charge in [0.05, 0.1) is 26.7 Å². The van der Waals surface area contributed by atoms with Gasteiger partial charge >= 0.3 is 5.69 Å². The molecule has 1 saturated heterocycles. The van der Waals surface area contributed by atoms with Crippen molar-refractivity contribution < 1.29 is 9.13 Å². The molecule has 5 nitrogen and oxygen atoms in total. The second kappa shape index (κ2) is 5.39. The lowest BCUT2D eigenvalue weighted by molar-refractivity contribution is 0.0555. The number of ether oxygens (including phenoxy) is 1. The minimum atomic E-state index is -0.365. The molecule has 2 aromatic heterocycles. The van der Waals surface area contributed by atoms with E-state index >= 15 is 0 Å². The van der Waals surface area contributed by atoms with Crippen LogP contribution in [0.15, 0.2) is 21.4 Å². The van der Waals surface area contributed by atoms with E-state index in [1.54, 1.807) is 17.7 Å². The maximum Gasteiger partial charge on any atom is 0.326 e. The Bertz CT molecular complexity index is 1020. The molecule has 0 bridgehead atoms. The van der Waals surface area contributed by atoms with E-state index in [0.29, 0.717) is 28.7 Å². The van der Waals surface area contributed by atoms with Crippen molar-refractivity contribution in [2.75, 3.05) is 13.2 Å². The lowest BCUT2D eigenvalue weighted by Crippen LogP contribution is -2.32. The SMILES string of the molecule is Cn1c(=O)[nH]c2c3cc(Br)c(F)cc3nc(C3(C)CCOCC3)c21. The number of imidazole rings is 1. The van der Waals surface area contributed by atoms with Crippen LogP contribution in [0.4, 0.5) is 4.39 Å². The fraction of sp³-hybridized carbons (Fsp3) is 0.412. The fourth-order valence-corrected chi connectivity index (χ4v) is 3.82. The monoisotopic (exact) mass is 393 g/mol. The molecule has 0 spiro atoms. The number of nitrogens with zero attached hydrogens (tertiary/aromatic N) is 2. The summed E-state index contributed by atoms with van der Waals surface area (Å²) < 4.78 is 21.5. The molecule has 24 heavy (non-hydrogen) atoms. The molecule has 1 aliphatic heterocycles. The number of nitrogens with one attached hydrogen (secondary N) is 1. The van der Waals surface area contributed by atoms with Gasteiger partial charge in [-0.2, -0.15) is 0 Å². The molecule has 0 saturated carbocycles. The third-order valence-corrected chi connectivity index (χ3v) is 5.65. The Morgan fingerprint density at radius 2 is 2.08 bits per heavy atom. The molecule has 0 radical (unpaired) electrons. The highest BCUT2D eigenvalue weighted by Crippen LogP contribution is 2.39. The van der Waals surface area contributed by atoms with Gasteiger partial charge in [0.1, 0.15) is 5.82 Å². The highest BCUT2D eigenvalue weighted by molar-refractivity contribution is 9.10. The molecule has 0 aliphatic carbocycles. The number of halogens is 2. The van der Waals surface area contributed by atoms with Crippen molar-refractivity contribution >= 4 is 37.9 Å². The molecule has 1 aliphatic rings. The zero-order chi connectivity index (χ0) is 17.1. The van der Waals surface area contributed by atoms with Gasteiger partial charge in [-0.25, -0.2) is 14.2 Å². The normalized spacial score (nSPS) is 17.7. The summed E-state index contributed by atoms with van der Waals surface area (Å²) in [4.78, 5) is 19.9. The van der Waals surface area contributed by atoms with Crippen molar-refractivity contribution in [2.24, 2.45) is 7.05 Å². The molecule has 1 aromatic carbocycles. The summed E-state index contributed by atoms with van der Waals surface area (Å²) in [5.41, 5.74) is 2.47. The summed E-state index contributed by atoms with van der Waals surface area (Å²) in [6.07, 6.45) is 1.64. The van der Waals surface area contributed by atoms with E-state index in [1.165, 1.54) is 6.07 Å². The molecule has 3 aromatic rings. The number of fused-ring (bicyclic) bond motifs is 3. The largest absolute Gasteiger partial charge is 0.381 e. The van der Waals surface area contributed by atoms with Crippen LogP contribution in [-0.4, -0.2) is 27.7 Å². The van der Waals surface area contributed by atoms with E-state index in [-0.39, 0.29) is 16.9 Å². The van der Waals surface area contributed by atoms with Crippen LogP contribution in [0.25, 0.3) is 21.9 Å². The molecule has 0 amide bonds. The van der Waals surface area contributed by atoms with Crippen LogP contribution in [0.5, 0.6) is 0 Å². The van der Waals surface area contributed by atoms with Crippen LogP contribution >= 0.6 is 15.9 Å². The number of benzene rings is 1. The van der Waals surface area contributed by atoms with Crippen molar-refractivity contribution in [3.63, 3.8) is 0 Å². The summed E-state index contributed by atoms with van der Waals surface area (Å²) in [5, 5.41) is 0.732. The van der Waals surface area contributed by atoms with Gasteiger partial charge < -0.3 is 9.72 Å². The summed E-state index contributed by atoms with van der Waals surface area (Å²) in [6, 6.07) is 3.09.